The number of halogens is 1. The smallest absolute Gasteiger partial charge is 0.256 e. The molecular formula is C17H15FN2O3. The number of hydrogen-bond acceptors (Lipinski definition) is 4. The number of rotatable bonds is 4. The van der Waals surface area contributed by atoms with E-state index in [0.29, 0.717) is 11.4 Å². The normalized spacial score (nSPS) is 17.5. The van der Waals surface area contributed by atoms with Gasteiger partial charge < -0.3 is 10.1 Å². The van der Waals surface area contributed by atoms with Crippen molar-refractivity contribution < 1.29 is 18.7 Å². The fraction of sp³-hybridized carbons (Fsp3) is 0.176. The van der Waals surface area contributed by atoms with Crippen LogP contribution < -0.4 is 15.0 Å². The number of hydrogen-bond donors (Lipinski definition) is 1. The van der Waals surface area contributed by atoms with E-state index in [9.17, 15) is 14.0 Å². The van der Waals surface area contributed by atoms with Gasteiger partial charge >= 0.3 is 0 Å². The molecular weight excluding hydrogens is 299 g/mol. The van der Waals surface area contributed by atoms with Gasteiger partial charge in [0.05, 0.1) is 24.9 Å². The maximum absolute atomic E-state index is 13.7. The third-order valence-electron chi connectivity index (χ3n) is 3.68. The first-order chi connectivity index (χ1) is 11.1. The van der Waals surface area contributed by atoms with Crippen LogP contribution in [-0.2, 0) is 9.59 Å². The fourth-order valence-corrected chi connectivity index (χ4v) is 2.58. The molecule has 3 rings (SSSR count). The van der Waals surface area contributed by atoms with Crippen molar-refractivity contribution in [2.45, 2.75) is 12.5 Å². The molecule has 1 atom stereocenters. The van der Waals surface area contributed by atoms with Gasteiger partial charge in [-0.1, -0.05) is 24.3 Å². The Labute approximate surface area is 132 Å². The molecule has 118 valence electrons. The summed E-state index contributed by atoms with van der Waals surface area (Å²) in [5.74, 6) is -0.819. The van der Waals surface area contributed by atoms with Crippen molar-refractivity contribution in [1.82, 2.24) is 0 Å². The van der Waals surface area contributed by atoms with Crippen molar-refractivity contribution in [3.05, 3.63) is 54.3 Å². The van der Waals surface area contributed by atoms with Crippen LogP contribution in [0, 0.1) is 5.82 Å². The number of nitrogens with zero attached hydrogens (tertiary/aromatic N) is 1. The highest BCUT2D eigenvalue weighted by atomic mass is 19.1. The van der Waals surface area contributed by atoms with Crippen LogP contribution in [-0.4, -0.2) is 25.0 Å². The quantitative estimate of drug-likeness (QED) is 0.881. The Bertz CT molecular complexity index is 763. The van der Waals surface area contributed by atoms with Gasteiger partial charge in [-0.2, -0.15) is 0 Å². The average Bonchev–Trinajstić information content (AvgIpc) is 2.83. The van der Waals surface area contributed by atoms with E-state index in [1.165, 1.54) is 19.2 Å². The Morgan fingerprint density at radius 3 is 2.57 bits per heavy atom. The predicted molar refractivity (Wildman–Crippen MR) is 83.9 cm³/mol. The number of ether oxygens (including phenoxy) is 1. The fourth-order valence-electron chi connectivity index (χ4n) is 2.58. The lowest BCUT2D eigenvalue weighted by atomic mass is 10.2. The van der Waals surface area contributed by atoms with E-state index in [1.54, 1.807) is 36.4 Å². The zero-order valence-corrected chi connectivity index (χ0v) is 12.5. The summed E-state index contributed by atoms with van der Waals surface area (Å²) in [5, 5.41) is 2.80. The van der Waals surface area contributed by atoms with E-state index in [4.69, 9.17) is 4.74 Å². The third kappa shape index (κ3) is 2.75. The molecule has 1 aliphatic rings. The Hall–Kier alpha value is -2.89. The summed E-state index contributed by atoms with van der Waals surface area (Å²) in [7, 11) is 1.47. The molecule has 0 unspecified atom stereocenters. The molecule has 1 aliphatic heterocycles. The maximum atomic E-state index is 13.7. The number of methoxy groups -OCH3 is 1. The van der Waals surface area contributed by atoms with Crippen molar-refractivity contribution >= 4 is 23.2 Å². The number of benzene rings is 2. The van der Waals surface area contributed by atoms with E-state index in [2.05, 4.69) is 5.32 Å². The van der Waals surface area contributed by atoms with Crippen molar-refractivity contribution in [2.24, 2.45) is 0 Å². The summed E-state index contributed by atoms with van der Waals surface area (Å²) < 4.78 is 18.9. The van der Waals surface area contributed by atoms with Gasteiger partial charge in [-0.25, -0.2) is 9.29 Å². The molecule has 5 nitrogen and oxygen atoms in total. The third-order valence-corrected chi connectivity index (χ3v) is 3.68. The standard InChI is InChI=1S/C17H15FN2O3/c1-23-15-9-5-4-8-14(15)20-16(21)10-13(17(20)22)19-12-7-3-2-6-11(12)18/h2-9,13,19H,10H2,1H3/t13-/m1/s1. The topological polar surface area (TPSA) is 58.6 Å². The first-order valence-corrected chi connectivity index (χ1v) is 7.12. The second kappa shape index (κ2) is 6.08. The summed E-state index contributed by atoms with van der Waals surface area (Å²) in [5.41, 5.74) is 0.586. The second-order valence-electron chi connectivity index (χ2n) is 5.12. The van der Waals surface area contributed by atoms with Crippen molar-refractivity contribution in [3.63, 3.8) is 0 Å². The lowest BCUT2D eigenvalue weighted by Gasteiger charge is -2.18. The molecule has 0 saturated carbocycles. The molecule has 2 amide bonds. The van der Waals surface area contributed by atoms with Crippen LogP contribution in [0.4, 0.5) is 15.8 Å². The van der Waals surface area contributed by atoms with Crippen LogP contribution in [0.3, 0.4) is 0 Å². The highest BCUT2D eigenvalue weighted by Gasteiger charge is 2.40. The van der Waals surface area contributed by atoms with Gasteiger partial charge in [0, 0.05) is 0 Å². The van der Waals surface area contributed by atoms with Gasteiger partial charge in [0.1, 0.15) is 17.6 Å². The molecule has 1 heterocycles. The minimum Gasteiger partial charge on any atom is -0.495 e. The van der Waals surface area contributed by atoms with Gasteiger partial charge in [0.2, 0.25) is 5.91 Å². The molecule has 2 aromatic carbocycles. The van der Waals surface area contributed by atoms with Crippen LogP contribution >= 0.6 is 0 Å². The molecule has 0 bridgehead atoms. The minimum absolute atomic E-state index is 0.0365. The largest absolute Gasteiger partial charge is 0.495 e. The SMILES string of the molecule is COc1ccccc1N1C(=O)C[C@@H](Nc2ccccc2F)C1=O. The summed E-state index contributed by atoms with van der Waals surface area (Å²) in [4.78, 5) is 25.9. The molecule has 1 fully saturated rings. The number of imide groups is 1. The van der Waals surface area contributed by atoms with E-state index in [1.807, 2.05) is 0 Å². The van der Waals surface area contributed by atoms with Crippen LogP contribution in [0.5, 0.6) is 5.75 Å². The van der Waals surface area contributed by atoms with Gasteiger partial charge in [0.25, 0.3) is 5.91 Å². The van der Waals surface area contributed by atoms with Gasteiger partial charge in [-0.15, -0.1) is 0 Å². The predicted octanol–water partition coefficient (Wildman–Crippen LogP) is 2.58. The second-order valence-corrected chi connectivity index (χ2v) is 5.12. The van der Waals surface area contributed by atoms with E-state index in [-0.39, 0.29) is 18.0 Å². The van der Waals surface area contributed by atoms with Gasteiger partial charge in [-0.3, -0.25) is 9.59 Å². The Morgan fingerprint density at radius 1 is 1.13 bits per heavy atom. The molecule has 0 spiro atoms. The number of amides is 2. The van der Waals surface area contributed by atoms with Crippen LogP contribution in [0.1, 0.15) is 6.42 Å². The Kier molecular flexibility index (Phi) is 3.97. The number of carbonyl (C=O) groups is 2. The minimum atomic E-state index is -0.802. The first kappa shape index (κ1) is 15.0. The zero-order valence-electron chi connectivity index (χ0n) is 12.5. The molecule has 2 aromatic rings. The van der Waals surface area contributed by atoms with Gasteiger partial charge in [0.15, 0.2) is 0 Å². The highest BCUT2D eigenvalue weighted by Crippen LogP contribution is 2.32. The summed E-state index contributed by atoms with van der Waals surface area (Å²) in [6, 6.07) is 12.0. The molecule has 0 aromatic heterocycles. The number of anilines is 2. The maximum Gasteiger partial charge on any atom is 0.256 e. The van der Waals surface area contributed by atoms with Crippen LogP contribution in [0.15, 0.2) is 48.5 Å². The number of para-hydroxylation sites is 3. The Balaban J connectivity index is 1.87. The van der Waals surface area contributed by atoms with Crippen molar-refractivity contribution in [1.29, 1.82) is 0 Å². The lowest BCUT2D eigenvalue weighted by molar-refractivity contribution is -0.121. The molecule has 23 heavy (non-hydrogen) atoms. The summed E-state index contributed by atoms with van der Waals surface area (Å²) in [6.07, 6.45) is -0.0365. The lowest BCUT2D eigenvalue weighted by Crippen LogP contribution is -2.35. The number of carbonyl (C=O) groups excluding carboxylic acids is 2. The van der Waals surface area contributed by atoms with E-state index < -0.39 is 17.8 Å². The van der Waals surface area contributed by atoms with Crippen LogP contribution in [0.2, 0.25) is 0 Å². The molecule has 0 radical (unpaired) electrons. The monoisotopic (exact) mass is 314 g/mol. The van der Waals surface area contributed by atoms with Gasteiger partial charge in [-0.05, 0) is 24.3 Å². The van der Waals surface area contributed by atoms with E-state index in [0.717, 1.165) is 4.90 Å². The summed E-state index contributed by atoms with van der Waals surface area (Å²) >= 11 is 0. The van der Waals surface area contributed by atoms with Crippen molar-refractivity contribution in [3.8, 4) is 5.75 Å². The molecule has 0 aliphatic carbocycles. The zero-order chi connectivity index (χ0) is 16.4. The summed E-state index contributed by atoms with van der Waals surface area (Å²) in [6.45, 7) is 0. The molecule has 1 N–H and O–H groups in total. The molecule has 6 heteroatoms. The van der Waals surface area contributed by atoms with Crippen molar-refractivity contribution in [2.75, 3.05) is 17.3 Å². The average molecular weight is 314 g/mol. The number of nitrogens with one attached hydrogen (secondary N) is 1. The molecule has 1 saturated heterocycles. The van der Waals surface area contributed by atoms with E-state index >= 15 is 0 Å². The highest BCUT2D eigenvalue weighted by molar-refractivity contribution is 6.23. The first-order valence-electron chi connectivity index (χ1n) is 7.12. The Morgan fingerprint density at radius 2 is 1.83 bits per heavy atom. The van der Waals surface area contributed by atoms with Crippen LogP contribution in [0.25, 0.3) is 0 Å².